The number of Topliss-reactive ketones (excluding diaryl/α,β-unsaturated/α-hetero) is 1. The first-order valence-corrected chi connectivity index (χ1v) is 6.33. The Kier molecular flexibility index (Phi) is 3.96. The van der Waals surface area contributed by atoms with Crippen molar-refractivity contribution in [1.29, 1.82) is 5.26 Å². The van der Waals surface area contributed by atoms with Crippen molar-refractivity contribution in [3.8, 4) is 6.07 Å². The lowest BCUT2D eigenvalue weighted by Crippen LogP contribution is -2.42. The molecular formula is C15H16FNO2. The van der Waals surface area contributed by atoms with Crippen molar-refractivity contribution < 1.29 is 13.9 Å². The standard InChI is InChI=1S/C15H16FNO2/c1-19-15(6-3-7-15)9-14(18)13(10-17)11-4-2-5-12(16)8-11/h2,4-5,8,13H,3,6-7,9H2,1H3. The molecule has 0 saturated heterocycles. The molecule has 0 spiro atoms. The fourth-order valence-corrected chi connectivity index (χ4v) is 2.46. The van der Waals surface area contributed by atoms with Crippen LogP contribution in [0.3, 0.4) is 0 Å². The van der Waals surface area contributed by atoms with E-state index in [9.17, 15) is 9.18 Å². The number of methoxy groups -OCH3 is 1. The van der Waals surface area contributed by atoms with Gasteiger partial charge >= 0.3 is 0 Å². The normalized spacial score (nSPS) is 18.2. The second kappa shape index (κ2) is 5.50. The summed E-state index contributed by atoms with van der Waals surface area (Å²) < 4.78 is 18.6. The average molecular weight is 261 g/mol. The number of hydrogen-bond acceptors (Lipinski definition) is 3. The third-order valence-electron chi connectivity index (χ3n) is 3.83. The van der Waals surface area contributed by atoms with E-state index in [1.807, 2.05) is 6.07 Å². The van der Waals surface area contributed by atoms with E-state index in [1.54, 1.807) is 13.2 Å². The predicted molar refractivity (Wildman–Crippen MR) is 68.0 cm³/mol. The molecule has 3 nitrogen and oxygen atoms in total. The number of rotatable bonds is 5. The van der Waals surface area contributed by atoms with Gasteiger partial charge in [-0.2, -0.15) is 5.26 Å². The number of halogens is 1. The predicted octanol–water partition coefficient (Wildman–Crippen LogP) is 2.96. The molecule has 0 N–H and O–H groups in total. The molecule has 1 aliphatic rings. The van der Waals surface area contributed by atoms with Crippen molar-refractivity contribution in [2.45, 2.75) is 37.2 Å². The first kappa shape index (κ1) is 13.7. The highest BCUT2D eigenvalue weighted by Gasteiger charge is 2.40. The van der Waals surface area contributed by atoms with Gasteiger partial charge in [0.15, 0.2) is 5.78 Å². The highest BCUT2D eigenvalue weighted by atomic mass is 19.1. The molecule has 1 saturated carbocycles. The molecule has 2 rings (SSSR count). The molecule has 1 aromatic carbocycles. The SMILES string of the molecule is COC1(CC(=O)C(C#N)c2cccc(F)c2)CCC1. The lowest BCUT2D eigenvalue weighted by Gasteiger charge is -2.40. The Morgan fingerprint density at radius 3 is 2.79 bits per heavy atom. The summed E-state index contributed by atoms with van der Waals surface area (Å²) in [6.45, 7) is 0. The van der Waals surface area contributed by atoms with Crippen LogP contribution in [0.2, 0.25) is 0 Å². The number of benzene rings is 1. The van der Waals surface area contributed by atoms with Crippen LogP contribution in [0.25, 0.3) is 0 Å². The summed E-state index contributed by atoms with van der Waals surface area (Å²) in [6.07, 6.45) is 2.95. The number of nitrogens with zero attached hydrogens (tertiary/aromatic N) is 1. The van der Waals surface area contributed by atoms with Gasteiger partial charge in [0.1, 0.15) is 11.7 Å². The Bertz CT molecular complexity index is 512. The van der Waals surface area contributed by atoms with Gasteiger partial charge < -0.3 is 4.74 Å². The maximum absolute atomic E-state index is 13.2. The number of ether oxygens (including phenoxy) is 1. The monoisotopic (exact) mass is 261 g/mol. The van der Waals surface area contributed by atoms with Gasteiger partial charge in [0.2, 0.25) is 0 Å². The number of carbonyl (C=O) groups is 1. The zero-order valence-corrected chi connectivity index (χ0v) is 10.9. The summed E-state index contributed by atoms with van der Waals surface area (Å²) in [5, 5.41) is 9.17. The number of ketones is 1. The maximum atomic E-state index is 13.2. The topological polar surface area (TPSA) is 50.1 Å². The summed E-state index contributed by atoms with van der Waals surface area (Å²) in [5.74, 6) is -1.55. The summed E-state index contributed by atoms with van der Waals surface area (Å²) >= 11 is 0. The Hall–Kier alpha value is -1.73. The second-order valence-corrected chi connectivity index (χ2v) is 5.00. The summed E-state index contributed by atoms with van der Waals surface area (Å²) in [7, 11) is 1.59. The van der Waals surface area contributed by atoms with Gasteiger partial charge in [-0.05, 0) is 37.0 Å². The molecule has 0 bridgehead atoms. The largest absolute Gasteiger partial charge is 0.378 e. The van der Waals surface area contributed by atoms with Crippen LogP contribution in [-0.4, -0.2) is 18.5 Å². The molecule has 0 amide bonds. The molecule has 0 aliphatic heterocycles. The van der Waals surface area contributed by atoms with Crippen molar-refractivity contribution in [3.05, 3.63) is 35.6 Å². The third kappa shape index (κ3) is 2.82. The molecule has 0 heterocycles. The zero-order valence-electron chi connectivity index (χ0n) is 10.9. The first-order valence-electron chi connectivity index (χ1n) is 6.33. The van der Waals surface area contributed by atoms with E-state index in [0.29, 0.717) is 5.56 Å². The molecule has 0 aromatic heterocycles. The van der Waals surface area contributed by atoms with Crippen LogP contribution >= 0.6 is 0 Å². The van der Waals surface area contributed by atoms with E-state index in [1.165, 1.54) is 18.2 Å². The van der Waals surface area contributed by atoms with Gasteiger partial charge in [-0.3, -0.25) is 4.79 Å². The van der Waals surface area contributed by atoms with Crippen LogP contribution in [-0.2, 0) is 9.53 Å². The molecule has 1 aromatic rings. The van der Waals surface area contributed by atoms with Crippen LogP contribution in [0.15, 0.2) is 24.3 Å². The van der Waals surface area contributed by atoms with Crippen LogP contribution in [0.1, 0.15) is 37.2 Å². The Balaban J connectivity index is 2.14. The molecule has 19 heavy (non-hydrogen) atoms. The smallest absolute Gasteiger partial charge is 0.157 e. The lowest BCUT2D eigenvalue weighted by atomic mass is 9.74. The highest BCUT2D eigenvalue weighted by molar-refractivity contribution is 5.89. The zero-order chi connectivity index (χ0) is 13.9. The molecule has 0 radical (unpaired) electrons. The van der Waals surface area contributed by atoms with Gasteiger partial charge in [0, 0.05) is 13.5 Å². The van der Waals surface area contributed by atoms with E-state index in [4.69, 9.17) is 10.00 Å². The van der Waals surface area contributed by atoms with Gasteiger partial charge in [-0.25, -0.2) is 4.39 Å². The van der Waals surface area contributed by atoms with Gasteiger partial charge in [-0.15, -0.1) is 0 Å². The minimum Gasteiger partial charge on any atom is -0.378 e. The Labute approximate surface area is 112 Å². The number of nitriles is 1. The fourth-order valence-electron chi connectivity index (χ4n) is 2.46. The minimum absolute atomic E-state index is 0.199. The second-order valence-electron chi connectivity index (χ2n) is 5.00. The lowest BCUT2D eigenvalue weighted by molar-refractivity contribution is -0.132. The molecule has 1 atom stereocenters. The molecular weight excluding hydrogens is 245 g/mol. The fraction of sp³-hybridized carbons (Fsp3) is 0.467. The van der Waals surface area contributed by atoms with Gasteiger partial charge in [0.05, 0.1) is 11.7 Å². The van der Waals surface area contributed by atoms with E-state index in [0.717, 1.165) is 19.3 Å². The number of carbonyl (C=O) groups excluding carboxylic acids is 1. The maximum Gasteiger partial charge on any atom is 0.157 e. The summed E-state index contributed by atoms with van der Waals surface area (Å²) in [4.78, 5) is 12.2. The van der Waals surface area contributed by atoms with Crippen LogP contribution in [0, 0.1) is 17.1 Å². The van der Waals surface area contributed by atoms with Crippen molar-refractivity contribution >= 4 is 5.78 Å². The Morgan fingerprint density at radius 2 is 2.32 bits per heavy atom. The van der Waals surface area contributed by atoms with Gasteiger partial charge in [0.25, 0.3) is 0 Å². The van der Waals surface area contributed by atoms with Crippen molar-refractivity contribution in [3.63, 3.8) is 0 Å². The van der Waals surface area contributed by atoms with Crippen LogP contribution in [0.5, 0.6) is 0 Å². The van der Waals surface area contributed by atoms with Crippen molar-refractivity contribution in [1.82, 2.24) is 0 Å². The van der Waals surface area contributed by atoms with Gasteiger partial charge in [-0.1, -0.05) is 12.1 Å². The summed E-state index contributed by atoms with van der Waals surface area (Å²) in [5.41, 5.74) is 0.0116. The van der Waals surface area contributed by atoms with E-state index >= 15 is 0 Å². The third-order valence-corrected chi connectivity index (χ3v) is 3.83. The van der Waals surface area contributed by atoms with Crippen molar-refractivity contribution in [2.24, 2.45) is 0 Å². The van der Waals surface area contributed by atoms with E-state index < -0.39 is 17.3 Å². The first-order chi connectivity index (χ1) is 9.10. The van der Waals surface area contributed by atoms with Crippen molar-refractivity contribution in [2.75, 3.05) is 7.11 Å². The Morgan fingerprint density at radius 1 is 1.58 bits per heavy atom. The summed E-state index contributed by atoms with van der Waals surface area (Å²) in [6, 6.07) is 7.63. The highest BCUT2D eigenvalue weighted by Crippen LogP contribution is 2.39. The number of hydrogen-bond donors (Lipinski definition) is 0. The van der Waals surface area contributed by atoms with E-state index in [-0.39, 0.29) is 12.2 Å². The van der Waals surface area contributed by atoms with Crippen LogP contribution < -0.4 is 0 Å². The van der Waals surface area contributed by atoms with Crippen LogP contribution in [0.4, 0.5) is 4.39 Å². The quantitative estimate of drug-likeness (QED) is 0.818. The molecule has 100 valence electrons. The molecule has 4 heteroatoms. The molecule has 1 aliphatic carbocycles. The molecule has 1 fully saturated rings. The average Bonchev–Trinajstić information content (AvgIpc) is 2.35. The van der Waals surface area contributed by atoms with E-state index in [2.05, 4.69) is 0 Å². The minimum atomic E-state index is -0.914. The molecule has 1 unspecified atom stereocenters.